The number of rotatable bonds is 7. The van der Waals surface area contributed by atoms with Crippen LogP contribution in [0.5, 0.6) is 5.75 Å². The number of hydrogen-bond acceptors (Lipinski definition) is 4. The highest BCUT2D eigenvalue weighted by Gasteiger charge is 2.09. The third-order valence-electron chi connectivity index (χ3n) is 4.01. The minimum Gasteiger partial charge on any atom is -0.490 e. The van der Waals surface area contributed by atoms with Gasteiger partial charge in [-0.25, -0.2) is 4.98 Å². The molecule has 1 heterocycles. The normalized spacial score (nSPS) is 12.3. The van der Waals surface area contributed by atoms with Crippen LogP contribution in [-0.4, -0.2) is 33.9 Å². The fourth-order valence-corrected chi connectivity index (χ4v) is 2.26. The number of guanidine groups is 1. The van der Waals surface area contributed by atoms with Gasteiger partial charge in [-0.15, -0.1) is 24.0 Å². The molecule has 1 atom stereocenters. The van der Waals surface area contributed by atoms with E-state index in [9.17, 15) is 0 Å². The Morgan fingerprint density at radius 1 is 1.31 bits per heavy atom. The molecular weight excluding hydrogens is 443 g/mol. The maximum atomic E-state index is 6.05. The lowest BCUT2D eigenvalue weighted by atomic mass is 10.1. The SMILES string of the molecule is CCC(C)Oc1cc(C)ccc1CNC(=NC)NCc1ncnn1C.I. The second kappa shape index (κ2) is 11.0. The lowest BCUT2D eigenvalue weighted by Crippen LogP contribution is -2.37. The van der Waals surface area contributed by atoms with Gasteiger partial charge in [-0.05, 0) is 31.9 Å². The minimum absolute atomic E-state index is 0. The van der Waals surface area contributed by atoms with E-state index in [4.69, 9.17) is 4.74 Å². The Balaban J connectivity index is 0.00000338. The molecule has 0 saturated carbocycles. The number of nitrogens with one attached hydrogen (secondary N) is 2. The van der Waals surface area contributed by atoms with Crippen LogP contribution in [0.15, 0.2) is 29.5 Å². The summed E-state index contributed by atoms with van der Waals surface area (Å²) in [6, 6.07) is 6.27. The molecule has 0 fully saturated rings. The molecule has 2 rings (SSSR count). The van der Waals surface area contributed by atoms with Gasteiger partial charge in [-0.3, -0.25) is 9.67 Å². The fourth-order valence-electron chi connectivity index (χ4n) is 2.26. The zero-order valence-electron chi connectivity index (χ0n) is 16.1. The number of halogens is 1. The van der Waals surface area contributed by atoms with E-state index in [-0.39, 0.29) is 30.1 Å². The molecule has 0 amide bonds. The summed E-state index contributed by atoms with van der Waals surface area (Å²) >= 11 is 0. The number of hydrogen-bond donors (Lipinski definition) is 2. The first kappa shape index (κ1) is 22.2. The minimum atomic E-state index is 0. The first-order valence-electron chi connectivity index (χ1n) is 8.57. The van der Waals surface area contributed by atoms with Gasteiger partial charge in [0, 0.05) is 26.2 Å². The standard InChI is InChI=1S/C18H28N6O.HI/c1-6-14(3)25-16-9-13(2)7-8-15(16)10-20-18(19-4)21-11-17-22-12-23-24(17)5;/h7-9,12,14H,6,10-11H2,1-5H3,(H2,19,20,21);1H. The summed E-state index contributed by atoms with van der Waals surface area (Å²) in [5.41, 5.74) is 2.29. The van der Waals surface area contributed by atoms with Crippen LogP contribution in [0, 0.1) is 6.92 Å². The number of aryl methyl sites for hydroxylation is 2. The molecule has 2 N–H and O–H groups in total. The number of ether oxygens (including phenoxy) is 1. The maximum absolute atomic E-state index is 6.05. The van der Waals surface area contributed by atoms with E-state index in [1.807, 2.05) is 7.05 Å². The molecule has 0 bridgehead atoms. The van der Waals surface area contributed by atoms with E-state index < -0.39 is 0 Å². The summed E-state index contributed by atoms with van der Waals surface area (Å²) in [5.74, 6) is 2.47. The maximum Gasteiger partial charge on any atom is 0.191 e. The van der Waals surface area contributed by atoms with Crippen molar-refractivity contribution in [1.29, 1.82) is 0 Å². The van der Waals surface area contributed by atoms with Crippen LogP contribution >= 0.6 is 24.0 Å². The number of aromatic nitrogens is 3. The fraction of sp³-hybridized carbons (Fsp3) is 0.500. The van der Waals surface area contributed by atoms with Crippen molar-refractivity contribution >= 4 is 29.9 Å². The molecule has 0 aliphatic rings. The molecule has 0 aliphatic heterocycles. The Morgan fingerprint density at radius 3 is 2.65 bits per heavy atom. The van der Waals surface area contributed by atoms with Gasteiger partial charge in [0.05, 0.1) is 12.6 Å². The summed E-state index contributed by atoms with van der Waals surface area (Å²) in [7, 11) is 3.61. The second-order valence-electron chi connectivity index (χ2n) is 6.03. The van der Waals surface area contributed by atoms with Crippen molar-refractivity contribution in [2.75, 3.05) is 7.05 Å². The average Bonchev–Trinajstić information content (AvgIpc) is 3.01. The third-order valence-corrected chi connectivity index (χ3v) is 4.01. The van der Waals surface area contributed by atoms with Crippen LogP contribution < -0.4 is 15.4 Å². The second-order valence-corrected chi connectivity index (χ2v) is 6.03. The Bertz CT molecular complexity index is 715. The first-order valence-corrected chi connectivity index (χ1v) is 8.57. The average molecular weight is 472 g/mol. The highest BCUT2D eigenvalue weighted by Crippen LogP contribution is 2.22. The van der Waals surface area contributed by atoms with E-state index in [1.165, 1.54) is 11.9 Å². The molecule has 8 heteroatoms. The Morgan fingerprint density at radius 2 is 2.04 bits per heavy atom. The number of nitrogens with zero attached hydrogens (tertiary/aromatic N) is 4. The Hall–Kier alpha value is -1.84. The quantitative estimate of drug-likeness (QED) is 0.368. The molecule has 0 aliphatic carbocycles. The first-order chi connectivity index (χ1) is 12.0. The third kappa shape index (κ3) is 6.47. The summed E-state index contributed by atoms with van der Waals surface area (Å²) in [6.07, 6.45) is 2.70. The predicted octanol–water partition coefficient (Wildman–Crippen LogP) is 2.78. The van der Waals surface area contributed by atoms with Crippen molar-refractivity contribution in [2.24, 2.45) is 12.0 Å². The molecule has 0 spiro atoms. The summed E-state index contributed by atoms with van der Waals surface area (Å²) in [6.45, 7) is 7.46. The molecule has 0 saturated heterocycles. The molecule has 0 radical (unpaired) electrons. The Kier molecular flexibility index (Phi) is 9.39. The summed E-state index contributed by atoms with van der Waals surface area (Å²) in [4.78, 5) is 8.45. The van der Waals surface area contributed by atoms with Gasteiger partial charge >= 0.3 is 0 Å². The molecule has 2 aromatic rings. The van der Waals surface area contributed by atoms with Gasteiger partial charge in [-0.1, -0.05) is 19.1 Å². The molecule has 144 valence electrons. The zero-order valence-corrected chi connectivity index (χ0v) is 18.4. The van der Waals surface area contributed by atoms with Crippen molar-refractivity contribution in [2.45, 2.75) is 46.4 Å². The van der Waals surface area contributed by atoms with Crippen molar-refractivity contribution in [3.05, 3.63) is 41.5 Å². The molecule has 7 nitrogen and oxygen atoms in total. The van der Waals surface area contributed by atoms with E-state index in [1.54, 1.807) is 11.7 Å². The van der Waals surface area contributed by atoms with Crippen LogP contribution in [-0.2, 0) is 20.1 Å². The van der Waals surface area contributed by atoms with E-state index in [2.05, 4.69) is 64.7 Å². The smallest absolute Gasteiger partial charge is 0.191 e. The van der Waals surface area contributed by atoms with Gasteiger partial charge in [0.15, 0.2) is 5.96 Å². The monoisotopic (exact) mass is 472 g/mol. The topological polar surface area (TPSA) is 76.4 Å². The van der Waals surface area contributed by atoms with E-state index >= 15 is 0 Å². The lowest BCUT2D eigenvalue weighted by Gasteiger charge is -2.18. The van der Waals surface area contributed by atoms with Crippen molar-refractivity contribution in [3.8, 4) is 5.75 Å². The van der Waals surface area contributed by atoms with Crippen molar-refractivity contribution in [3.63, 3.8) is 0 Å². The van der Waals surface area contributed by atoms with Gasteiger partial charge in [-0.2, -0.15) is 5.10 Å². The largest absolute Gasteiger partial charge is 0.490 e. The predicted molar refractivity (Wildman–Crippen MR) is 115 cm³/mol. The van der Waals surface area contributed by atoms with Crippen LogP contribution in [0.2, 0.25) is 0 Å². The van der Waals surface area contributed by atoms with Crippen LogP contribution in [0.1, 0.15) is 37.2 Å². The van der Waals surface area contributed by atoms with Gasteiger partial charge in [0.1, 0.15) is 17.9 Å². The van der Waals surface area contributed by atoms with Crippen molar-refractivity contribution in [1.82, 2.24) is 25.4 Å². The van der Waals surface area contributed by atoms with Gasteiger partial charge in [0.25, 0.3) is 0 Å². The van der Waals surface area contributed by atoms with Crippen LogP contribution in [0.4, 0.5) is 0 Å². The number of benzene rings is 1. The van der Waals surface area contributed by atoms with Gasteiger partial charge in [0.2, 0.25) is 0 Å². The lowest BCUT2D eigenvalue weighted by molar-refractivity contribution is 0.215. The van der Waals surface area contributed by atoms with E-state index in [0.29, 0.717) is 19.0 Å². The summed E-state index contributed by atoms with van der Waals surface area (Å²) in [5, 5.41) is 10.6. The zero-order chi connectivity index (χ0) is 18.2. The molecule has 1 aromatic carbocycles. The van der Waals surface area contributed by atoms with Crippen molar-refractivity contribution < 1.29 is 4.74 Å². The Labute approximate surface area is 172 Å². The molecular formula is C18H29IN6O. The molecule has 1 aromatic heterocycles. The van der Waals surface area contributed by atoms with Crippen LogP contribution in [0.25, 0.3) is 0 Å². The highest BCUT2D eigenvalue weighted by atomic mass is 127. The molecule has 26 heavy (non-hydrogen) atoms. The summed E-state index contributed by atoms with van der Waals surface area (Å²) < 4.78 is 7.79. The van der Waals surface area contributed by atoms with Gasteiger partial charge < -0.3 is 15.4 Å². The molecule has 1 unspecified atom stereocenters. The van der Waals surface area contributed by atoms with Crippen LogP contribution in [0.3, 0.4) is 0 Å². The highest BCUT2D eigenvalue weighted by molar-refractivity contribution is 14.0. The number of aliphatic imine (C=N–C) groups is 1. The van der Waals surface area contributed by atoms with E-state index in [0.717, 1.165) is 23.6 Å².